The van der Waals surface area contributed by atoms with Crippen molar-refractivity contribution >= 4 is 114 Å². The first-order chi connectivity index (χ1) is 31.3. The van der Waals surface area contributed by atoms with Gasteiger partial charge >= 0.3 is 0 Å². The first-order valence-corrected chi connectivity index (χ1v) is 21.5. The zero-order valence-corrected chi connectivity index (χ0v) is 33.7. The summed E-state index contributed by atoms with van der Waals surface area (Å²) in [5, 5.41) is 15.6. The molecule has 63 heavy (non-hydrogen) atoms. The van der Waals surface area contributed by atoms with E-state index in [2.05, 4.69) is 185 Å². The Kier molecular flexibility index (Phi) is 6.36. The van der Waals surface area contributed by atoms with E-state index >= 15 is 0 Å². The lowest BCUT2D eigenvalue weighted by molar-refractivity contribution is 0.667. The molecule has 0 N–H and O–H groups in total. The predicted octanol–water partition coefficient (Wildman–Crippen LogP) is 15.4. The molecule has 5 aromatic heterocycles. The molecule has 10 aromatic carbocycles. The van der Waals surface area contributed by atoms with Gasteiger partial charge in [-0.3, -0.25) is 0 Å². The van der Waals surface area contributed by atoms with Crippen LogP contribution in [0.15, 0.2) is 199 Å². The topological polar surface area (TPSA) is 48.3 Å². The fraction of sp³-hybridized carbons (Fsp3) is 0. The molecule has 0 aliphatic heterocycles. The highest BCUT2D eigenvalue weighted by Crippen LogP contribution is 2.48. The maximum atomic E-state index is 6.57. The van der Waals surface area contributed by atoms with Crippen molar-refractivity contribution in [1.82, 2.24) is 18.9 Å². The van der Waals surface area contributed by atoms with Crippen LogP contribution in [0.1, 0.15) is 0 Å². The number of hydrogen-bond donors (Lipinski definition) is 0. The minimum Gasteiger partial charge on any atom is -0.452 e. The molecule has 0 radical (unpaired) electrons. The number of benzene rings is 10. The van der Waals surface area contributed by atoms with Gasteiger partial charge in [-0.2, -0.15) is 0 Å². The van der Waals surface area contributed by atoms with Crippen molar-refractivity contribution in [3.63, 3.8) is 0 Å². The lowest BCUT2D eigenvalue weighted by Crippen LogP contribution is -1.99. The van der Waals surface area contributed by atoms with Crippen LogP contribution >= 0.6 is 0 Å². The Hall–Kier alpha value is -8.54. The number of nitrogens with zero attached hydrogens (tertiary/aromatic N) is 4. The first kappa shape index (κ1) is 33.2. The van der Waals surface area contributed by atoms with E-state index in [0.717, 1.165) is 60.7 Å². The fourth-order valence-corrected chi connectivity index (χ4v) is 10.9. The van der Waals surface area contributed by atoms with Gasteiger partial charge in [-0.25, -0.2) is 9.97 Å². The third kappa shape index (κ3) is 4.35. The van der Waals surface area contributed by atoms with Gasteiger partial charge in [0.05, 0.1) is 33.3 Å². The lowest BCUT2D eigenvalue weighted by atomic mass is 9.97. The molecule has 0 atom stereocenters. The van der Waals surface area contributed by atoms with E-state index in [1.807, 2.05) is 18.2 Å². The second-order valence-electron chi connectivity index (χ2n) is 16.8. The van der Waals surface area contributed by atoms with Crippen LogP contribution < -0.4 is 0 Å². The van der Waals surface area contributed by atoms with Crippen LogP contribution in [0.4, 0.5) is 0 Å². The Morgan fingerprint density at radius 2 is 1.05 bits per heavy atom. The largest absolute Gasteiger partial charge is 0.452 e. The fourth-order valence-electron chi connectivity index (χ4n) is 10.9. The van der Waals surface area contributed by atoms with Gasteiger partial charge in [-0.05, 0) is 76.1 Å². The van der Waals surface area contributed by atoms with Crippen LogP contribution in [-0.2, 0) is 0 Å². The van der Waals surface area contributed by atoms with Gasteiger partial charge < -0.3 is 13.4 Å². The van der Waals surface area contributed by atoms with Crippen LogP contribution in [0.2, 0.25) is 0 Å². The van der Waals surface area contributed by atoms with Crippen molar-refractivity contribution in [2.24, 2.45) is 0 Å². The molecule has 0 saturated carbocycles. The first-order valence-electron chi connectivity index (χ1n) is 21.5. The molecular formula is C58H32N4O. The van der Waals surface area contributed by atoms with E-state index in [1.54, 1.807) is 0 Å². The molecular weight excluding hydrogens is 769 g/mol. The van der Waals surface area contributed by atoms with Crippen molar-refractivity contribution in [3.8, 4) is 28.3 Å². The third-order valence-electron chi connectivity index (χ3n) is 13.6. The Morgan fingerprint density at radius 3 is 1.89 bits per heavy atom. The number of aromatic nitrogens is 4. The van der Waals surface area contributed by atoms with Crippen molar-refractivity contribution in [3.05, 3.63) is 194 Å². The second-order valence-corrected chi connectivity index (χ2v) is 16.8. The predicted molar refractivity (Wildman–Crippen MR) is 262 cm³/mol. The molecule has 0 fully saturated rings. The van der Waals surface area contributed by atoms with Crippen molar-refractivity contribution in [1.29, 1.82) is 0 Å². The highest BCUT2D eigenvalue weighted by atomic mass is 16.3. The van der Waals surface area contributed by atoms with Gasteiger partial charge in [0, 0.05) is 59.6 Å². The van der Waals surface area contributed by atoms with E-state index in [1.165, 1.54) is 70.5 Å². The molecule has 15 aromatic rings. The van der Waals surface area contributed by atoms with E-state index in [4.69, 9.17) is 14.4 Å². The number of fused-ring (bicyclic) bond motifs is 17. The van der Waals surface area contributed by atoms with Crippen molar-refractivity contribution < 1.29 is 4.42 Å². The van der Waals surface area contributed by atoms with Gasteiger partial charge in [-0.15, -0.1) is 0 Å². The quantitative estimate of drug-likeness (QED) is 0.179. The SMILES string of the molecule is c1ccc2cc(-c3nc(-c4ccc(-n5c6ccccc6c6ccc7cc8c9ccccc9n9c%10ccccc%10c(c7c65)c89)c5ccccc45)nc4c3oc3ccccc34)ccc2c1. The maximum absolute atomic E-state index is 6.57. The highest BCUT2D eigenvalue weighted by Gasteiger charge is 2.25. The number of furan rings is 1. The van der Waals surface area contributed by atoms with Crippen molar-refractivity contribution in [2.45, 2.75) is 0 Å². The minimum absolute atomic E-state index is 0.660. The summed E-state index contributed by atoms with van der Waals surface area (Å²) in [5.41, 5.74) is 12.2. The molecule has 0 bridgehead atoms. The second kappa shape index (κ2) is 12.1. The molecule has 290 valence electrons. The average molecular weight is 801 g/mol. The van der Waals surface area contributed by atoms with E-state index < -0.39 is 0 Å². The van der Waals surface area contributed by atoms with Crippen LogP contribution in [-0.4, -0.2) is 18.9 Å². The van der Waals surface area contributed by atoms with E-state index in [-0.39, 0.29) is 0 Å². The summed E-state index contributed by atoms with van der Waals surface area (Å²) < 4.78 is 11.6. The van der Waals surface area contributed by atoms with Crippen LogP contribution in [0.25, 0.3) is 143 Å². The molecule has 0 saturated heterocycles. The van der Waals surface area contributed by atoms with Crippen molar-refractivity contribution in [2.75, 3.05) is 0 Å². The normalized spacial score (nSPS) is 12.4. The smallest absolute Gasteiger partial charge is 0.180 e. The molecule has 5 nitrogen and oxygen atoms in total. The van der Waals surface area contributed by atoms with E-state index in [9.17, 15) is 0 Å². The monoisotopic (exact) mass is 800 g/mol. The number of rotatable bonds is 3. The number of para-hydroxylation sites is 4. The van der Waals surface area contributed by atoms with Gasteiger partial charge in [0.15, 0.2) is 11.4 Å². The molecule has 5 heterocycles. The summed E-state index contributed by atoms with van der Waals surface area (Å²) in [5.74, 6) is 0.660. The standard InChI is InChI=1S/C58H32N4O/c1-2-14-34-31-36(26-25-33(34)13-1)53-57-54(44-20-8-12-24-50(44)63-57)60-58(59-53)42-29-30-49(38-16-4-3-15-37(38)42)62-46-21-9-5-17-39(46)41-28-27-35-32-45-40-18-6-10-22-47(40)61-48-23-11-7-19-43(48)52(56(45)61)51(35)55(41)62/h1-32H. The Labute approximate surface area is 358 Å². The molecule has 0 aliphatic rings. The average Bonchev–Trinajstić information content (AvgIpc) is 4.09. The summed E-state index contributed by atoms with van der Waals surface area (Å²) >= 11 is 0. The number of hydrogen-bond acceptors (Lipinski definition) is 3. The van der Waals surface area contributed by atoms with Gasteiger partial charge in [-0.1, -0.05) is 140 Å². The summed E-state index contributed by atoms with van der Waals surface area (Å²) in [6.45, 7) is 0. The molecule has 0 unspecified atom stereocenters. The maximum Gasteiger partial charge on any atom is 0.180 e. The molecule has 15 rings (SSSR count). The summed E-state index contributed by atoms with van der Waals surface area (Å²) in [6.07, 6.45) is 0. The van der Waals surface area contributed by atoms with Crippen LogP contribution in [0.5, 0.6) is 0 Å². The summed E-state index contributed by atoms with van der Waals surface area (Å²) in [6, 6.07) is 70.0. The zero-order chi connectivity index (χ0) is 40.9. The van der Waals surface area contributed by atoms with Crippen LogP contribution in [0.3, 0.4) is 0 Å². The molecule has 0 aliphatic carbocycles. The summed E-state index contributed by atoms with van der Waals surface area (Å²) in [4.78, 5) is 10.8. The highest BCUT2D eigenvalue weighted by molar-refractivity contribution is 6.36. The van der Waals surface area contributed by atoms with E-state index in [0.29, 0.717) is 11.4 Å². The Balaban J connectivity index is 1.05. The van der Waals surface area contributed by atoms with Gasteiger partial charge in [0.25, 0.3) is 0 Å². The minimum atomic E-state index is 0.660. The zero-order valence-electron chi connectivity index (χ0n) is 33.7. The molecule has 0 spiro atoms. The lowest BCUT2D eigenvalue weighted by Gasteiger charge is -2.16. The summed E-state index contributed by atoms with van der Waals surface area (Å²) in [7, 11) is 0. The third-order valence-corrected chi connectivity index (χ3v) is 13.6. The van der Waals surface area contributed by atoms with Crippen LogP contribution in [0, 0.1) is 0 Å². The van der Waals surface area contributed by atoms with Gasteiger partial charge in [0.1, 0.15) is 16.8 Å². The Morgan fingerprint density at radius 1 is 0.397 bits per heavy atom. The molecule has 0 amide bonds. The molecule has 5 heteroatoms. The van der Waals surface area contributed by atoms with Gasteiger partial charge in [0.2, 0.25) is 0 Å². The Bertz CT molecular complexity index is 4450.